The molecule has 0 saturated heterocycles. The van der Waals surface area contributed by atoms with E-state index in [4.69, 9.17) is 0 Å². The highest BCUT2D eigenvalue weighted by Crippen LogP contribution is 2.11. The molecule has 2 rings (SSSR count). The Hall–Kier alpha value is -2.19. The van der Waals surface area contributed by atoms with Crippen molar-refractivity contribution in [3.63, 3.8) is 0 Å². The van der Waals surface area contributed by atoms with Crippen LogP contribution in [0.2, 0.25) is 0 Å². The third-order valence-corrected chi connectivity index (χ3v) is 3.68. The summed E-state index contributed by atoms with van der Waals surface area (Å²) in [5.74, 6) is -0.598. The number of hydrogen-bond donors (Lipinski definition) is 2. The topological polar surface area (TPSA) is 79.3 Å². The minimum absolute atomic E-state index is 0.103. The largest absolute Gasteiger partial charge is 0.343 e. The lowest BCUT2D eigenvalue weighted by molar-refractivity contribution is -0.115. The van der Waals surface area contributed by atoms with Gasteiger partial charge in [0.15, 0.2) is 0 Å². The molecule has 0 radical (unpaired) electrons. The monoisotopic (exact) mass is 393 g/mol. The Morgan fingerprint density at radius 2 is 2.12 bits per heavy atom. The van der Waals surface area contributed by atoms with Crippen molar-refractivity contribution in [1.82, 2.24) is 20.0 Å². The van der Waals surface area contributed by atoms with Crippen molar-refractivity contribution in [3.8, 4) is 0 Å². The first-order valence-electron chi connectivity index (χ1n) is 7.45. The molecule has 0 aliphatic rings. The quantitative estimate of drug-likeness (QED) is 0.748. The Morgan fingerprint density at radius 3 is 2.83 bits per heavy atom. The number of aromatic nitrogens is 2. The van der Waals surface area contributed by atoms with E-state index in [0.717, 1.165) is 17.6 Å². The van der Waals surface area contributed by atoms with Gasteiger partial charge in [-0.05, 0) is 32.3 Å². The van der Waals surface area contributed by atoms with Crippen LogP contribution in [0.3, 0.4) is 0 Å². The highest BCUT2D eigenvalue weighted by Gasteiger charge is 2.09. The Kier molecular flexibility index (Phi) is 6.51. The lowest BCUT2D eigenvalue weighted by Gasteiger charge is -2.08. The second-order valence-electron chi connectivity index (χ2n) is 5.54. The molecular formula is C16H20BrN5O2. The standard InChI is InChI=1S/C16H20BrN5O2/c1-21(2)6-7-22-11-14(9-19-22)20-15(23)10-18-16(24)12-4-3-5-13(17)8-12/h3-5,8-9,11H,6-7,10H2,1-2H3,(H,18,24)(H,20,23). The molecule has 0 bridgehead atoms. The van der Waals surface area contributed by atoms with Gasteiger partial charge in [-0.2, -0.15) is 5.10 Å². The van der Waals surface area contributed by atoms with Gasteiger partial charge in [0.2, 0.25) is 5.91 Å². The van der Waals surface area contributed by atoms with Crippen LogP contribution in [0.5, 0.6) is 0 Å². The van der Waals surface area contributed by atoms with Gasteiger partial charge in [-0.25, -0.2) is 0 Å². The average molecular weight is 394 g/mol. The van der Waals surface area contributed by atoms with Gasteiger partial charge in [-0.15, -0.1) is 0 Å². The lowest BCUT2D eigenvalue weighted by Crippen LogP contribution is -2.32. The summed E-state index contributed by atoms with van der Waals surface area (Å²) in [5.41, 5.74) is 1.10. The minimum Gasteiger partial charge on any atom is -0.343 e. The number of carbonyl (C=O) groups excluding carboxylic acids is 2. The third kappa shape index (κ3) is 5.78. The van der Waals surface area contributed by atoms with Crippen LogP contribution >= 0.6 is 15.9 Å². The Labute approximate surface area is 149 Å². The molecule has 0 saturated carbocycles. The first kappa shape index (κ1) is 18.2. The second kappa shape index (κ2) is 8.60. The summed E-state index contributed by atoms with van der Waals surface area (Å²) in [7, 11) is 3.97. The molecule has 128 valence electrons. The molecule has 0 aliphatic carbocycles. The number of rotatable bonds is 7. The molecule has 7 nitrogen and oxygen atoms in total. The molecule has 0 atom stereocenters. The van der Waals surface area contributed by atoms with Crippen LogP contribution < -0.4 is 10.6 Å². The SMILES string of the molecule is CN(C)CCn1cc(NC(=O)CNC(=O)c2cccc(Br)c2)cn1. The number of halogens is 1. The molecule has 2 amide bonds. The van der Waals surface area contributed by atoms with Crippen LogP contribution in [0, 0.1) is 0 Å². The maximum Gasteiger partial charge on any atom is 0.251 e. The van der Waals surface area contributed by atoms with E-state index in [1.807, 2.05) is 20.2 Å². The highest BCUT2D eigenvalue weighted by molar-refractivity contribution is 9.10. The maximum absolute atomic E-state index is 12.0. The zero-order valence-corrected chi connectivity index (χ0v) is 15.2. The second-order valence-corrected chi connectivity index (χ2v) is 6.45. The van der Waals surface area contributed by atoms with Gasteiger partial charge in [0, 0.05) is 22.8 Å². The number of nitrogens with zero attached hydrogens (tertiary/aromatic N) is 3. The zero-order chi connectivity index (χ0) is 17.5. The fourth-order valence-electron chi connectivity index (χ4n) is 1.95. The molecule has 0 fully saturated rings. The molecule has 1 aromatic carbocycles. The van der Waals surface area contributed by atoms with Crippen molar-refractivity contribution < 1.29 is 9.59 Å². The summed E-state index contributed by atoms with van der Waals surface area (Å²) in [6, 6.07) is 6.98. The summed E-state index contributed by atoms with van der Waals surface area (Å²) in [5, 5.41) is 9.47. The molecule has 2 N–H and O–H groups in total. The van der Waals surface area contributed by atoms with Gasteiger partial charge in [0.1, 0.15) is 0 Å². The molecular weight excluding hydrogens is 374 g/mol. The van der Waals surface area contributed by atoms with Crippen molar-refractivity contribution in [1.29, 1.82) is 0 Å². The minimum atomic E-state index is -0.300. The summed E-state index contributed by atoms with van der Waals surface area (Å²) in [4.78, 5) is 25.9. The molecule has 8 heteroatoms. The number of carbonyl (C=O) groups is 2. The van der Waals surface area contributed by atoms with Crippen LogP contribution in [0.25, 0.3) is 0 Å². The van der Waals surface area contributed by atoms with Crippen molar-refractivity contribution in [2.45, 2.75) is 6.54 Å². The molecule has 2 aromatic rings. The van der Waals surface area contributed by atoms with E-state index < -0.39 is 0 Å². The van der Waals surface area contributed by atoms with Crippen LogP contribution in [0.15, 0.2) is 41.1 Å². The van der Waals surface area contributed by atoms with E-state index >= 15 is 0 Å². The Bertz CT molecular complexity index is 714. The maximum atomic E-state index is 12.0. The van der Waals surface area contributed by atoms with E-state index in [-0.39, 0.29) is 18.4 Å². The molecule has 24 heavy (non-hydrogen) atoms. The zero-order valence-electron chi connectivity index (χ0n) is 13.6. The van der Waals surface area contributed by atoms with E-state index in [1.165, 1.54) is 0 Å². The summed E-state index contributed by atoms with van der Waals surface area (Å²) in [6.45, 7) is 1.49. The highest BCUT2D eigenvalue weighted by atomic mass is 79.9. The predicted molar refractivity (Wildman–Crippen MR) is 95.9 cm³/mol. The van der Waals surface area contributed by atoms with Crippen molar-refractivity contribution in [3.05, 3.63) is 46.7 Å². The van der Waals surface area contributed by atoms with Gasteiger partial charge >= 0.3 is 0 Å². The summed E-state index contributed by atoms with van der Waals surface area (Å²) < 4.78 is 2.57. The van der Waals surface area contributed by atoms with Gasteiger partial charge in [0.05, 0.1) is 25.0 Å². The number of amides is 2. The number of anilines is 1. The summed E-state index contributed by atoms with van der Waals surface area (Å²) >= 11 is 3.31. The van der Waals surface area contributed by atoms with Crippen LogP contribution in [0.1, 0.15) is 10.4 Å². The van der Waals surface area contributed by atoms with Gasteiger partial charge < -0.3 is 15.5 Å². The predicted octanol–water partition coefficient (Wildman–Crippen LogP) is 1.58. The van der Waals surface area contributed by atoms with Crippen LogP contribution in [-0.4, -0.2) is 53.7 Å². The normalized spacial score (nSPS) is 10.7. The van der Waals surface area contributed by atoms with E-state index in [1.54, 1.807) is 35.3 Å². The van der Waals surface area contributed by atoms with Crippen LogP contribution in [0.4, 0.5) is 5.69 Å². The number of benzene rings is 1. The molecule has 1 aromatic heterocycles. The molecule has 0 aliphatic heterocycles. The first-order valence-corrected chi connectivity index (χ1v) is 8.24. The fourth-order valence-corrected chi connectivity index (χ4v) is 2.35. The van der Waals surface area contributed by atoms with E-state index in [2.05, 4.69) is 36.6 Å². The Morgan fingerprint density at radius 1 is 1.33 bits per heavy atom. The Balaban J connectivity index is 1.80. The van der Waals surface area contributed by atoms with Gasteiger partial charge in [-0.1, -0.05) is 22.0 Å². The van der Waals surface area contributed by atoms with E-state index in [0.29, 0.717) is 11.3 Å². The molecule has 0 unspecified atom stereocenters. The summed E-state index contributed by atoms with van der Waals surface area (Å²) in [6.07, 6.45) is 3.35. The fraction of sp³-hybridized carbons (Fsp3) is 0.312. The van der Waals surface area contributed by atoms with Crippen molar-refractivity contribution in [2.24, 2.45) is 0 Å². The van der Waals surface area contributed by atoms with Crippen molar-refractivity contribution in [2.75, 3.05) is 32.5 Å². The molecule has 0 spiro atoms. The number of likely N-dealkylation sites (N-methyl/N-ethyl adjacent to an activating group) is 1. The lowest BCUT2D eigenvalue weighted by atomic mass is 10.2. The van der Waals surface area contributed by atoms with Gasteiger partial charge in [0.25, 0.3) is 5.91 Å². The third-order valence-electron chi connectivity index (χ3n) is 3.19. The van der Waals surface area contributed by atoms with Crippen LogP contribution in [-0.2, 0) is 11.3 Å². The first-order chi connectivity index (χ1) is 11.4. The smallest absolute Gasteiger partial charge is 0.251 e. The molecule has 1 heterocycles. The van der Waals surface area contributed by atoms with E-state index in [9.17, 15) is 9.59 Å². The average Bonchev–Trinajstić information content (AvgIpc) is 2.98. The van der Waals surface area contributed by atoms with Crippen molar-refractivity contribution >= 4 is 33.4 Å². The number of hydrogen-bond acceptors (Lipinski definition) is 4. The number of nitrogens with one attached hydrogen (secondary N) is 2. The van der Waals surface area contributed by atoms with Gasteiger partial charge in [-0.3, -0.25) is 14.3 Å².